The first-order chi connectivity index (χ1) is 9.41. The average Bonchev–Trinajstić information content (AvgIpc) is 2.94. The van der Waals surface area contributed by atoms with Crippen LogP contribution in [-0.4, -0.2) is 18.8 Å². The van der Waals surface area contributed by atoms with Crippen molar-refractivity contribution in [1.82, 2.24) is 0 Å². The fourth-order valence-electron chi connectivity index (χ4n) is 3.06. The lowest BCUT2D eigenvalue weighted by molar-refractivity contribution is -0.155. The van der Waals surface area contributed by atoms with E-state index in [4.69, 9.17) is 9.47 Å². The van der Waals surface area contributed by atoms with Crippen LogP contribution in [0.4, 0.5) is 13.2 Å². The van der Waals surface area contributed by atoms with Crippen LogP contribution in [0.2, 0.25) is 0 Å². The van der Waals surface area contributed by atoms with Gasteiger partial charge in [0.1, 0.15) is 5.78 Å². The number of ketones is 1. The van der Waals surface area contributed by atoms with Crippen LogP contribution in [0, 0.1) is 0 Å². The molecular formula is C14H13F3O3. The van der Waals surface area contributed by atoms with E-state index in [1.807, 2.05) is 0 Å². The van der Waals surface area contributed by atoms with E-state index in [1.54, 1.807) is 12.1 Å². The predicted octanol–water partition coefficient (Wildman–Crippen LogP) is 3.36. The van der Waals surface area contributed by atoms with Gasteiger partial charge in [0.25, 0.3) is 0 Å². The van der Waals surface area contributed by atoms with E-state index in [-0.39, 0.29) is 25.4 Å². The fraction of sp³-hybridized carbons (Fsp3) is 0.500. The van der Waals surface area contributed by atoms with Gasteiger partial charge in [0.15, 0.2) is 11.5 Å². The molecule has 1 fully saturated rings. The first-order valence-electron chi connectivity index (χ1n) is 6.41. The van der Waals surface area contributed by atoms with Crippen molar-refractivity contribution in [3.63, 3.8) is 0 Å². The second kappa shape index (κ2) is 4.40. The zero-order valence-electron chi connectivity index (χ0n) is 10.6. The van der Waals surface area contributed by atoms with Crippen molar-refractivity contribution >= 4 is 5.78 Å². The second-order valence-electron chi connectivity index (χ2n) is 5.22. The maximum atomic E-state index is 12.9. The van der Waals surface area contributed by atoms with Crippen LogP contribution in [0.25, 0.3) is 0 Å². The normalized spacial score (nSPS) is 25.2. The average molecular weight is 286 g/mol. The topological polar surface area (TPSA) is 35.5 Å². The van der Waals surface area contributed by atoms with Crippen LogP contribution in [0.15, 0.2) is 18.2 Å². The third kappa shape index (κ3) is 2.13. The number of alkyl halides is 3. The Morgan fingerprint density at radius 1 is 1.20 bits per heavy atom. The number of benzene rings is 1. The molecule has 0 bridgehead atoms. The molecule has 1 aliphatic carbocycles. The van der Waals surface area contributed by atoms with Gasteiger partial charge in [-0.1, -0.05) is 6.07 Å². The molecule has 0 N–H and O–H groups in total. The molecule has 3 nitrogen and oxygen atoms in total. The Labute approximate surface area is 113 Å². The van der Waals surface area contributed by atoms with Crippen molar-refractivity contribution in [2.75, 3.05) is 6.79 Å². The molecule has 0 spiro atoms. The van der Waals surface area contributed by atoms with E-state index in [2.05, 4.69) is 0 Å². The number of ether oxygens (including phenoxy) is 2. The highest BCUT2D eigenvalue weighted by Gasteiger charge is 2.50. The van der Waals surface area contributed by atoms with Crippen molar-refractivity contribution in [3.05, 3.63) is 23.8 Å². The van der Waals surface area contributed by atoms with Gasteiger partial charge in [-0.05, 0) is 30.5 Å². The van der Waals surface area contributed by atoms with Gasteiger partial charge in [-0.15, -0.1) is 0 Å². The standard InChI is InChI=1S/C14H13F3O3/c15-14(16,17)7-13(5-1-2-12(13)18)9-3-4-10-11(6-9)20-8-19-10/h3-4,6H,1-2,5,7-8H2. The van der Waals surface area contributed by atoms with Gasteiger partial charge >= 0.3 is 6.18 Å². The molecule has 1 atom stereocenters. The number of carbonyl (C=O) groups is 1. The largest absolute Gasteiger partial charge is 0.454 e. The summed E-state index contributed by atoms with van der Waals surface area (Å²) in [6.07, 6.45) is -4.58. The number of hydrogen-bond acceptors (Lipinski definition) is 3. The first-order valence-corrected chi connectivity index (χ1v) is 6.41. The minimum atomic E-state index is -4.38. The lowest BCUT2D eigenvalue weighted by Gasteiger charge is -2.29. The molecule has 1 aliphatic heterocycles. The molecule has 20 heavy (non-hydrogen) atoms. The summed E-state index contributed by atoms with van der Waals surface area (Å²) in [5, 5.41) is 0. The van der Waals surface area contributed by atoms with Gasteiger partial charge in [-0.2, -0.15) is 13.2 Å². The van der Waals surface area contributed by atoms with Crippen molar-refractivity contribution in [1.29, 1.82) is 0 Å². The predicted molar refractivity (Wildman–Crippen MR) is 63.8 cm³/mol. The molecule has 0 radical (unpaired) electrons. The summed E-state index contributed by atoms with van der Waals surface area (Å²) >= 11 is 0. The van der Waals surface area contributed by atoms with E-state index < -0.39 is 18.0 Å². The molecule has 3 rings (SSSR count). The highest BCUT2D eigenvalue weighted by atomic mass is 19.4. The van der Waals surface area contributed by atoms with Crippen LogP contribution in [0.5, 0.6) is 11.5 Å². The summed E-state index contributed by atoms with van der Waals surface area (Å²) in [6.45, 7) is 0.0546. The minimum absolute atomic E-state index is 0.0546. The van der Waals surface area contributed by atoms with Gasteiger partial charge in [-0.3, -0.25) is 4.79 Å². The van der Waals surface area contributed by atoms with Crippen LogP contribution in [0.1, 0.15) is 31.2 Å². The summed E-state index contributed by atoms with van der Waals surface area (Å²) in [5.74, 6) is 0.568. The number of halogens is 3. The molecule has 2 aliphatic rings. The lowest BCUT2D eigenvalue weighted by Crippen LogP contribution is -2.36. The third-order valence-electron chi connectivity index (χ3n) is 3.97. The Morgan fingerprint density at radius 2 is 1.95 bits per heavy atom. The molecule has 0 aromatic heterocycles. The molecule has 108 valence electrons. The molecule has 0 saturated heterocycles. The number of hydrogen-bond donors (Lipinski definition) is 0. The van der Waals surface area contributed by atoms with E-state index >= 15 is 0 Å². The van der Waals surface area contributed by atoms with Crippen molar-refractivity contribution in [2.45, 2.75) is 37.3 Å². The third-order valence-corrected chi connectivity index (χ3v) is 3.97. The van der Waals surface area contributed by atoms with Gasteiger partial charge < -0.3 is 9.47 Å². The fourth-order valence-corrected chi connectivity index (χ4v) is 3.06. The van der Waals surface area contributed by atoms with E-state index in [9.17, 15) is 18.0 Å². The van der Waals surface area contributed by atoms with E-state index in [0.717, 1.165) is 0 Å². The minimum Gasteiger partial charge on any atom is -0.454 e. The van der Waals surface area contributed by atoms with Crippen molar-refractivity contribution < 1.29 is 27.4 Å². The Balaban J connectivity index is 2.04. The van der Waals surface area contributed by atoms with E-state index in [1.165, 1.54) is 6.07 Å². The monoisotopic (exact) mass is 286 g/mol. The quantitative estimate of drug-likeness (QED) is 0.836. The van der Waals surface area contributed by atoms with Gasteiger partial charge in [0, 0.05) is 6.42 Å². The molecule has 1 aromatic carbocycles. The summed E-state index contributed by atoms with van der Waals surface area (Å²) in [5.41, 5.74) is -1.08. The lowest BCUT2D eigenvalue weighted by atomic mass is 9.75. The van der Waals surface area contributed by atoms with Crippen LogP contribution in [0.3, 0.4) is 0 Å². The van der Waals surface area contributed by atoms with Crippen LogP contribution in [-0.2, 0) is 10.2 Å². The van der Waals surface area contributed by atoms with Gasteiger partial charge in [0.05, 0.1) is 11.8 Å². The van der Waals surface area contributed by atoms with E-state index in [0.29, 0.717) is 23.5 Å². The zero-order chi connectivity index (χ0) is 14.4. The highest BCUT2D eigenvalue weighted by Crippen LogP contribution is 2.48. The maximum absolute atomic E-state index is 12.9. The SMILES string of the molecule is O=C1CCCC1(CC(F)(F)F)c1ccc2c(c1)OCO2. The Bertz CT molecular complexity index is 553. The number of carbonyl (C=O) groups excluding carboxylic acids is 1. The Morgan fingerprint density at radius 3 is 2.60 bits per heavy atom. The summed E-state index contributed by atoms with van der Waals surface area (Å²) in [7, 11) is 0. The van der Waals surface area contributed by atoms with Crippen LogP contribution >= 0.6 is 0 Å². The maximum Gasteiger partial charge on any atom is 0.390 e. The molecular weight excluding hydrogens is 273 g/mol. The molecule has 0 amide bonds. The molecule has 1 saturated carbocycles. The summed E-state index contributed by atoms with van der Waals surface area (Å²) in [4.78, 5) is 12.1. The Hall–Kier alpha value is -1.72. The van der Waals surface area contributed by atoms with Gasteiger partial charge in [0.2, 0.25) is 6.79 Å². The second-order valence-corrected chi connectivity index (χ2v) is 5.22. The van der Waals surface area contributed by atoms with Crippen molar-refractivity contribution in [2.24, 2.45) is 0 Å². The smallest absolute Gasteiger partial charge is 0.390 e. The number of rotatable bonds is 2. The first kappa shape index (κ1) is 13.3. The number of fused-ring (bicyclic) bond motifs is 1. The van der Waals surface area contributed by atoms with Crippen molar-refractivity contribution in [3.8, 4) is 11.5 Å². The molecule has 6 heteroatoms. The summed E-state index contributed by atoms with van der Waals surface area (Å²) in [6, 6.07) is 4.63. The Kier molecular flexibility index (Phi) is 2.92. The molecule has 1 aromatic rings. The zero-order valence-corrected chi connectivity index (χ0v) is 10.6. The molecule has 1 heterocycles. The summed E-state index contributed by atoms with van der Waals surface area (Å²) < 4.78 is 49.0. The van der Waals surface area contributed by atoms with Gasteiger partial charge in [-0.25, -0.2) is 0 Å². The number of Topliss-reactive ketones (excluding diaryl/α,β-unsaturated/α-hetero) is 1. The van der Waals surface area contributed by atoms with Crippen LogP contribution < -0.4 is 9.47 Å². The molecule has 1 unspecified atom stereocenters. The highest BCUT2D eigenvalue weighted by molar-refractivity contribution is 5.92.